The largest absolute Gasteiger partial charge is 0.438 e. The van der Waals surface area contributed by atoms with Gasteiger partial charge in [-0.2, -0.15) is 0 Å². The molecule has 6 heteroatoms. The van der Waals surface area contributed by atoms with Gasteiger partial charge in [-0.3, -0.25) is 10.1 Å². The van der Waals surface area contributed by atoms with Crippen LogP contribution in [0.4, 0.5) is 5.69 Å². The molecule has 3 aromatic rings. The molecule has 0 atom stereocenters. The van der Waals surface area contributed by atoms with Crippen molar-refractivity contribution in [3.8, 4) is 11.6 Å². The zero-order valence-corrected chi connectivity index (χ0v) is 11.4. The molecule has 3 rings (SSSR count). The van der Waals surface area contributed by atoms with Crippen LogP contribution in [0.5, 0.6) is 11.6 Å². The van der Waals surface area contributed by atoms with Crippen molar-refractivity contribution in [1.82, 2.24) is 4.98 Å². The monoisotopic (exact) mass is 300 g/mol. The van der Waals surface area contributed by atoms with Gasteiger partial charge in [-0.15, -0.1) is 0 Å². The van der Waals surface area contributed by atoms with Gasteiger partial charge in [-0.1, -0.05) is 29.8 Å². The zero-order chi connectivity index (χ0) is 14.8. The lowest BCUT2D eigenvalue weighted by Crippen LogP contribution is -1.93. The summed E-state index contributed by atoms with van der Waals surface area (Å²) in [5, 5.41) is 12.7. The molecule has 1 aromatic heterocycles. The molecule has 5 nitrogen and oxygen atoms in total. The number of rotatable bonds is 3. The van der Waals surface area contributed by atoms with Crippen molar-refractivity contribution in [1.29, 1.82) is 0 Å². The summed E-state index contributed by atoms with van der Waals surface area (Å²) in [7, 11) is 0. The molecule has 0 aliphatic heterocycles. The molecule has 0 unspecified atom stereocenters. The van der Waals surface area contributed by atoms with E-state index in [0.717, 1.165) is 0 Å². The Morgan fingerprint density at radius 3 is 2.48 bits per heavy atom. The lowest BCUT2D eigenvalue weighted by Gasteiger charge is -2.08. The summed E-state index contributed by atoms with van der Waals surface area (Å²) >= 11 is 5.77. The number of benzene rings is 2. The van der Waals surface area contributed by atoms with Crippen LogP contribution in [-0.2, 0) is 0 Å². The van der Waals surface area contributed by atoms with Crippen LogP contribution < -0.4 is 4.74 Å². The van der Waals surface area contributed by atoms with E-state index in [2.05, 4.69) is 4.98 Å². The summed E-state index contributed by atoms with van der Waals surface area (Å²) in [6.07, 6.45) is 1.48. The van der Waals surface area contributed by atoms with Gasteiger partial charge in [-0.05, 0) is 18.2 Å². The summed E-state index contributed by atoms with van der Waals surface area (Å²) in [6, 6.07) is 13.3. The minimum absolute atomic E-state index is 0.0435. The van der Waals surface area contributed by atoms with E-state index in [1.54, 1.807) is 42.5 Å². The van der Waals surface area contributed by atoms with Gasteiger partial charge in [0, 0.05) is 23.7 Å². The lowest BCUT2D eigenvalue weighted by atomic mass is 10.1. The van der Waals surface area contributed by atoms with Crippen molar-refractivity contribution < 1.29 is 9.66 Å². The zero-order valence-electron chi connectivity index (χ0n) is 10.7. The van der Waals surface area contributed by atoms with E-state index in [4.69, 9.17) is 16.3 Å². The van der Waals surface area contributed by atoms with Crippen molar-refractivity contribution >= 4 is 28.1 Å². The third-order valence-corrected chi connectivity index (χ3v) is 3.20. The molecule has 0 aliphatic rings. The van der Waals surface area contributed by atoms with E-state index < -0.39 is 4.92 Å². The van der Waals surface area contributed by atoms with Gasteiger partial charge in [-0.25, -0.2) is 4.98 Å². The molecular formula is C15H9ClN2O3. The summed E-state index contributed by atoms with van der Waals surface area (Å²) in [4.78, 5) is 14.7. The summed E-state index contributed by atoms with van der Waals surface area (Å²) in [5.41, 5.74) is 0.0435. The topological polar surface area (TPSA) is 65.3 Å². The number of nitrogens with zero attached hydrogens (tertiary/aromatic N) is 2. The molecule has 0 bridgehead atoms. The number of hydrogen-bond donors (Lipinski definition) is 0. The highest BCUT2D eigenvalue weighted by atomic mass is 35.5. The molecule has 0 amide bonds. The molecule has 2 aromatic carbocycles. The smallest absolute Gasteiger partial charge is 0.277 e. The Labute approximate surface area is 124 Å². The molecular weight excluding hydrogens is 292 g/mol. The van der Waals surface area contributed by atoms with E-state index in [9.17, 15) is 10.1 Å². The lowest BCUT2D eigenvalue weighted by molar-refractivity contribution is -0.383. The van der Waals surface area contributed by atoms with Crippen LogP contribution in [0.2, 0.25) is 5.02 Å². The van der Waals surface area contributed by atoms with E-state index >= 15 is 0 Å². The number of hydrogen-bond acceptors (Lipinski definition) is 4. The standard InChI is InChI=1S/C15H9ClN2O3/c16-10-5-8-15(17-9-10)21-14-7-6-13(18(19)20)11-3-1-2-4-12(11)14/h1-9H. The van der Waals surface area contributed by atoms with E-state index in [1.807, 2.05) is 0 Å². The first-order chi connectivity index (χ1) is 10.1. The first kappa shape index (κ1) is 13.3. The minimum Gasteiger partial charge on any atom is -0.438 e. The molecule has 0 fully saturated rings. The van der Waals surface area contributed by atoms with Crippen LogP contribution in [0.15, 0.2) is 54.7 Å². The normalized spacial score (nSPS) is 10.5. The fraction of sp³-hybridized carbons (Fsp3) is 0. The van der Waals surface area contributed by atoms with Gasteiger partial charge in [0.05, 0.1) is 15.3 Å². The molecule has 104 valence electrons. The second-order valence-corrected chi connectivity index (χ2v) is 4.74. The molecule has 0 N–H and O–H groups in total. The molecule has 0 aliphatic carbocycles. The third kappa shape index (κ3) is 2.64. The van der Waals surface area contributed by atoms with Crippen LogP contribution >= 0.6 is 11.6 Å². The maximum atomic E-state index is 11.1. The quantitative estimate of drug-likeness (QED) is 0.524. The molecule has 0 saturated heterocycles. The average molecular weight is 301 g/mol. The summed E-state index contributed by atoms with van der Waals surface area (Å²) in [5.74, 6) is 0.879. The van der Waals surface area contributed by atoms with Gasteiger partial charge in [0.2, 0.25) is 5.88 Å². The van der Waals surface area contributed by atoms with Crippen LogP contribution in [0, 0.1) is 10.1 Å². The molecule has 0 spiro atoms. The van der Waals surface area contributed by atoms with Crippen molar-refractivity contribution in [3.05, 3.63) is 69.9 Å². The highest BCUT2D eigenvalue weighted by Crippen LogP contribution is 2.34. The first-order valence-corrected chi connectivity index (χ1v) is 6.48. The van der Waals surface area contributed by atoms with Crippen LogP contribution in [0.3, 0.4) is 0 Å². The number of ether oxygens (including phenoxy) is 1. The van der Waals surface area contributed by atoms with Crippen LogP contribution in [-0.4, -0.2) is 9.91 Å². The maximum absolute atomic E-state index is 11.1. The van der Waals surface area contributed by atoms with E-state index in [-0.39, 0.29) is 5.69 Å². The summed E-state index contributed by atoms with van der Waals surface area (Å²) < 4.78 is 5.69. The second kappa shape index (κ2) is 5.38. The van der Waals surface area contributed by atoms with Gasteiger partial charge < -0.3 is 4.74 Å². The number of fused-ring (bicyclic) bond motifs is 1. The van der Waals surface area contributed by atoms with E-state index in [0.29, 0.717) is 27.4 Å². The average Bonchev–Trinajstić information content (AvgIpc) is 2.49. The SMILES string of the molecule is O=[N+]([O-])c1ccc(Oc2ccc(Cl)cn2)c2ccccc12. The minimum atomic E-state index is -0.410. The maximum Gasteiger partial charge on any atom is 0.277 e. The first-order valence-electron chi connectivity index (χ1n) is 6.11. The highest BCUT2D eigenvalue weighted by Gasteiger charge is 2.15. The molecule has 0 saturated carbocycles. The Morgan fingerprint density at radius 2 is 1.81 bits per heavy atom. The van der Waals surface area contributed by atoms with Crippen LogP contribution in [0.1, 0.15) is 0 Å². The second-order valence-electron chi connectivity index (χ2n) is 4.30. The van der Waals surface area contributed by atoms with Gasteiger partial charge in [0.15, 0.2) is 0 Å². The predicted octanol–water partition coefficient (Wildman–Crippen LogP) is 4.59. The predicted molar refractivity (Wildman–Crippen MR) is 79.9 cm³/mol. The van der Waals surface area contributed by atoms with Crippen molar-refractivity contribution in [3.63, 3.8) is 0 Å². The number of nitro groups is 1. The number of aromatic nitrogens is 1. The Kier molecular flexibility index (Phi) is 3.41. The van der Waals surface area contributed by atoms with Crippen LogP contribution in [0.25, 0.3) is 10.8 Å². The number of pyridine rings is 1. The summed E-state index contributed by atoms with van der Waals surface area (Å²) in [6.45, 7) is 0. The molecule has 0 radical (unpaired) electrons. The Hall–Kier alpha value is -2.66. The third-order valence-electron chi connectivity index (χ3n) is 2.97. The fourth-order valence-electron chi connectivity index (χ4n) is 2.04. The van der Waals surface area contributed by atoms with Gasteiger partial charge in [0.25, 0.3) is 5.69 Å². The van der Waals surface area contributed by atoms with Crippen molar-refractivity contribution in [2.24, 2.45) is 0 Å². The number of nitro benzene ring substituents is 1. The molecule has 1 heterocycles. The van der Waals surface area contributed by atoms with Crippen molar-refractivity contribution in [2.45, 2.75) is 0 Å². The Morgan fingerprint density at radius 1 is 1.05 bits per heavy atom. The van der Waals surface area contributed by atoms with Gasteiger partial charge in [0.1, 0.15) is 5.75 Å². The molecule has 21 heavy (non-hydrogen) atoms. The van der Waals surface area contributed by atoms with Gasteiger partial charge >= 0.3 is 0 Å². The number of non-ortho nitro benzene ring substituents is 1. The van der Waals surface area contributed by atoms with E-state index in [1.165, 1.54) is 12.3 Å². The Bertz CT molecular complexity index is 819. The van der Waals surface area contributed by atoms with Crippen molar-refractivity contribution in [2.75, 3.05) is 0 Å². The number of halogens is 1. The fourth-order valence-corrected chi connectivity index (χ4v) is 2.15. The Balaban J connectivity index is 2.09. The highest BCUT2D eigenvalue weighted by molar-refractivity contribution is 6.30.